The van der Waals surface area contributed by atoms with Crippen LogP contribution in [0.5, 0.6) is 0 Å². The van der Waals surface area contributed by atoms with Crippen molar-refractivity contribution in [1.82, 2.24) is 15.1 Å². The molecule has 2 amide bonds. The van der Waals surface area contributed by atoms with Crippen LogP contribution in [0.1, 0.15) is 20.8 Å². The molecule has 1 heterocycles. The van der Waals surface area contributed by atoms with E-state index in [0.29, 0.717) is 6.54 Å². The lowest BCUT2D eigenvalue weighted by atomic mass is 10.1. The summed E-state index contributed by atoms with van der Waals surface area (Å²) in [4.78, 5) is 27.0. The number of urea groups is 1. The van der Waals surface area contributed by atoms with Crippen molar-refractivity contribution in [3.8, 4) is 0 Å². The van der Waals surface area contributed by atoms with E-state index < -0.39 is 12.0 Å². The quantitative estimate of drug-likeness (QED) is 0.769. The molecule has 1 aliphatic rings. The molecule has 0 spiro atoms. The second-order valence-corrected chi connectivity index (χ2v) is 5.31. The Morgan fingerprint density at radius 2 is 1.94 bits per heavy atom. The summed E-state index contributed by atoms with van der Waals surface area (Å²) in [6, 6.07) is -1.01. The molecule has 2 N–H and O–H groups in total. The number of nitrogens with one attached hydrogen (secondary N) is 1. The standard InChI is InChI=1S/C12H23N3O3/c1-8(2)10(11(16)17)13-12(18)15-6-5-14(4)7-9(15)3/h8-10H,5-7H2,1-4H3,(H,13,18)(H,16,17)/t9?,10-/m1/s1. The predicted molar refractivity (Wildman–Crippen MR) is 68.5 cm³/mol. The number of rotatable bonds is 3. The summed E-state index contributed by atoms with van der Waals surface area (Å²) in [5.41, 5.74) is 0. The molecule has 2 atom stereocenters. The van der Waals surface area contributed by atoms with Crippen LogP contribution in [0.25, 0.3) is 0 Å². The van der Waals surface area contributed by atoms with Crippen molar-refractivity contribution in [2.24, 2.45) is 5.92 Å². The van der Waals surface area contributed by atoms with Gasteiger partial charge in [0.2, 0.25) is 0 Å². The predicted octanol–water partition coefficient (Wildman–Crippen LogP) is 0.441. The molecule has 6 heteroatoms. The number of piperazine rings is 1. The first-order chi connectivity index (χ1) is 8.32. The van der Waals surface area contributed by atoms with E-state index in [-0.39, 0.29) is 18.0 Å². The van der Waals surface area contributed by atoms with Crippen LogP contribution in [0.4, 0.5) is 4.79 Å². The fourth-order valence-electron chi connectivity index (χ4n) is 2.17. The van der Waals surface area contributed by atoms with Crippen molar-refractivity contribution in [1.29, 1.82) is 0 Å². The van der Waals surface area contributed by atoms with Gasteiger partial charge >= 0.3 is 12.0 Å². The number of nitrogens with zero attached hydrogens (tertiary/aromatic N) is 2. The molecule has 0 aliphatic carbocycles. The van der Waals surface area contributed by atoms with Crippen LogP contribution in [0, 0.1) is 5.92 Å². The van der Waals surface area contributed by atoms with Crippen molar-refractivity contribution in [2.75, 3.05) is 26.7 Å². The molecule has 104 valence electrons. The zero-order valence-electron chi connectivity index (χ0n) is 11.5. The summed E-state index contributed by atoms with van der Waals surface area (Å²) in [6.07, 6.45) is 0. The normalized spacial score (nSPS) is 22.9. The summed E-state index contributed by atoms with van der Waals surface area (Å²) < 4.78 is 0. The monoisotopic (exact) mass is 257 g/mol. The number of carbonyl (C=O) groups excluding carboxylic acids is 1. The molecule has 1 unspecified atom stereocenters. The van der Waals surface area contributed by atoms with E-state index in [9.17, 15) is 9.59 Å². The second-order valence-electron chi connectivity index (χ2n) is 5.31. The molecule has 0 aromatic rings. The van der Waals surface area contributed by atoms with E-state index in [1.54, 1.807) is 18.7 Å². The minimum absolute atomic E-state index is 0.102. The van der Waals surface area contributed by atoms with Crippen molar-refractivity contribution in [3.05, 3.63) is 0 Å². The maximum atomic E-state index is 12.1. The van der Waals surface area contributed by atoms with Crippen LogP contribution in [-0.2, 0) is 4.79 Å². The van der Waals surface area contributed by atoms with Gasteiger partial charge in [-0.2, -0.15) is 0 Å². The molecule has 18 heavy (non-hydrogen) atoms. The number of amides is 2. The SMILES string of the molecule is CC(C)[C@@H](NC(=O)N1CCN(C)CC1C)C(=O)O. The van der Waals surface area contributed by atoms with E-state index in [4.69, 9.17) is 5.11 Å². The molecule has 1 saturated heterocycles. The maximum absolute atomic E-state index is 12.1. The lowest BCUT2D eigenvalue weighted by Crippen LogP contribution is -2.58. The fourth-order valence-corrected chi connectivity index (χ4v) is 2.17. The molecule has 0 aromatic carbocycles. The van der Waals surface area contributed by atoms with E-state index in [0.717, 1.165) is 13.1 Å². The average Bonchev–Trinajstić information content (AvgIpc) is 2.24. The number of hydrogen-bond acceptors (Lipinski definition) is 3. The molecule has 6 nitrogen and oxygen atoms in total. The first-order valence-electron chi connectivity index (χ1n) is 6.31. The summed E-state index contributed by atoms with van der Waals surface area (Å²) in [5.74, 6) is -1.12. The van der Waals surface area contributed by atoms with Gasteiger partial charge in [-0.25, -0.2) is 9.59 Å². The van der Waals surface area contributed by atoms with Crippen molar-refractivity contribution in [3.63, 3.8) is 0 Å². The van der Waals surface area contributed by atoms with Gasteiger partial charge < -0.3 is 20.2 Å². The van der Waals surface area contributed by atoms with Crippen molar-refractivity contribution < 1.29 is 14.7 Å². The Labute approximate surface area is 108 Å². The first-order valence-corrected chi connectivity index (χ1v) is 6.31. The highest BCUT2D eigenvalue weighted by Gasteiger charge is 2.30. The van der Waals surface area contributed by atoms with Gasteiger partial charge in [0, 0.05) is 25.7 Å². The molecule has 1 fully saturated rings. The van der Waals surface area contributed by atoms with E-state index in [1.165, 1.54) is 0 Å². The van der Waals surface area contributed by atoms with Gasteiger partial charge in [0.05, 0.1) is 0 Å². The Morgan fingerprint density at radius 1 is 1.33 bits per heavy atom. The zero-order chi connectivity index (χ0) is 13.9. The smallest absolute Gasteiger partial charge is 0.326 e. The summed E-state index contributed by atoms with van der Waals surface area (Å²) in [7, 11) is 2.01. The van der Waals surface area contributed by atoms with Crippen LogP contribution in [0.2, 0.25) is 0 Å². The first kappa shape index (κ1) is 14.8. The Morgan fingerprint density at radius 3 is 2.39 bits per heavy atom. The third-order valence-corrected chi connectivity index (χ3v) is 3.30. The Kier molecular flexibility index (Phi) is 4.95. The number of carboxylic acids is 1. The van der Waals surface area contributed by atoms with Gasteiger partial charge in [-0.3, -0.25) is 0 Å². The van der Waals surface area contributed by atoms with Crippen molar-refractivity contribution >= 4 is 12.0 Å². The number of hydrogen-bond donors (Lipinski definition) is 2. The molecular formula is C12H23N3O3. The summed E-state index contributed by atoms with van der Waals surface area (Å²) in [5, 5.41) is 11.7. The minimum atomic E-state index is -0.986. The highest BCUT2D eigenvalue weighted by Crippen LogP contribution is 2.09. The zero-order valence-corrected chi connectivity index (χ0v) is 11.5. The topological polar surface area (TPSA) is 72.9 Å². The average molecular weight is 257 g/mol. The highest BCUT2D eigenvalue weighted by atomic mass is 16.4. The number of likely N-dealkylation sites (N-methyl/N-ethyl adjacent to an activating group) is 1. The fraction of sp³-hybridized carbons (Fsp3) is 0.833. The van der Waals surface area contributed by atoms with Gasteiger partial charge in [0.1, 0.15) is 6.04 Å². The van der Waals surface area contributed by atoms with Gasteiger partial charge in [-0.05, 0) is 19.9 Å². The Hall–Kier alpha value is -1.30. The van der Waals surface area contributed by atoms with E-state index >= 15 is 0 Å². The molecule has 0 aromatic heterocycles. The molecule has 0 radical (unpaired) electrons. The number of carbonyl (C=O) groups is 2. The Bertz CT molecular complexity index is 320. The molecule has 0 bridgehead atoms. The number of carboxylic acid groups (broad SMARTS) is 1. The van der Waals surface area contributed by atoms with Gasteiger partial charge in [-0.1, -0.05) is 13.8 Å². The molecule has 1 aliphatic heterocycles. The lowest BCUT2D eigenvalue weighted by Gasteiger charge is -2.38. The second kappa shape index (κ2) is 6.04. The van der Waals surface area contributed by atoms with Crippen LogP contribution in [0.3, 0.4) is 0 Å². The Balaban J connectivity index is 2.61. The number of aliphatic carboxylic acids is 1. The van der Waals surface area contributed by atoms with E-state index in [2.05, 4.69) is 10.2 Å². The van der Waals surface area contributed by atoms with Crippen LogP contribution < -0.4 is 5.32 Å². The van der Waals surface area contributed by atoms with Gasteiger partial charge in [0.25, 0.3) is 0 Å². The molecular weight excluding hydrogens is 234 g/mol. The minimum Gasteiger partial charge on any atom is -0.480 e. The van der Waals surface area contributed by atoms with Crippen molar-refractivity contribution in [2.45, 2.75) is 32.9 Å². The van der Waals surface area contributed by atoms with E-state index in [1.807, 2.05) is 14.0 Å². The maximum Gasteiger partial charge on any atom is 0.326 e. The molecule has 1 rings (SSSR count). The highest BCUT2D eigenvalue weighted by molar-refractivity contribution is 5.83. The van der Waals surface area contributed by atoms with Gasteiger partial charge in [0.15, 0.2) is 0 Å². The largest absolute Gasteiger partial charge is 0.480 e. The van der Waals surface area contributed by atoms with Crippen LogP contribution >= 0.6 is 0 Å². The van der Waals surface area contributed by atoms with Crippen LogP contribution in [0.15, 0.2) is 0 Å². The molecule has 0 saturated carbocycles. The van der Waals surface area contributed by atoms with Gasteiger partial charge in [-0.15, -0.1) is 0 Å². The lowest BCUT2D eigenvalue weighted by molar-refractivity contribution is -0.140. The summed E-state index contributed by atoms with van der Waals surface area (Å²) >= 11 is 0. The third-order valence-electron chi connectivity index (χ3n) is 3.30. The third kappa shape index (κ3) is 3.60. The van der Waals surface area contributed by atoms with Crippen LogP contribution in [-0.4, -0.2) is 65.7 Å². The summed E-state index contributed by atoms with van der Waals surface area (Å²) in [6.45, 7) is 7.80.